The van der Waals surface area contributed by atoms with E-state index in [-0.39, 0.29) is 11.3 Å². The van der Waals surface area contributed by atoms with E-state index in [1.807, 2.05) is 22.6 Å². The van der Waals surface area contributed by atoms with E-state index in [1.165, 1.54) is 24.3 Å². The first-order valence-electron chi connectivity index (χ1n) is 5.77. The number of hydrogen-bond donors (Lipinski definition) is 1. The lowest BCUT2D eigenvalue weighted by Crippen LogP contribution is -2.13. The van der Waals surface area contributed by atoms with Crippen LogP contribution in [-0.4, -0.2) is 12.5 Å². The lowest BCUT2D eigenvalue weighted by atomic mass is 10.2. The Bertz CT molecular complexity index is 667. The van der Waals surface area contributed by atoms with Crippen molar-refractivity contribution in [2.24, 2.45) is 0 Å². The fraction of sp³-hybridized carbons (Fsp3) is 0.0714. The monoisotopic (exact) mass is 423 g/mol. The molecule has 0 atom stereocenters. The van der Waals surface area contributed by atoms with Gasteiger partial charge in [0.1, 0.15) is 5.75 Å². The third kappa shape index (κ3) is 4.53. The van der Waals surface area contributed by atoms with E-state index in [2.05, 4.69) is 10.1 Å². The molecule has 0 heterocycles. The van der Waals surface area contributed by atoms with Crippen LogP contribution in [0.4, 0.5) is 14.5 Å². The number of rotatable bonds is 4. The number of carbonyl (C=O) groups excluding carboxylic acids is 1. The van der Waals surface area contributed by atoms with Gasteiger partial charge in [0.15, 0.2) is 0 Å². The van der Waals surface area contributed by atoms with Gasteiger partial charge < -0.3 is 10.1 Å². The third-order valence-corrected chi connectivity index (χ3v) is 3.63. The number of halogens is 4. The summed E-state index contributed by atoms with van der Waals surface area (Å²) in [5, 5.41) is 3.25. The fourth-order valence-electron chi connectivity index (χ4n) is 1.60. The Hall–Kier alpha value is -1.41. The molecule has 0 fully saturated rings. The zero-order valence-corrected chi connectivity index (χ0v) is 13.4. The number of nitrogens with one attached hydrogen (secondary N) is 1. The van der Waals surface area contributed by atoms with E-state index in [0.29, 0.717) is 10.7 Å². The molecule has 110 valence electrons. The van der Waals surface area contributed by atoms with Gasteiger partial charge in [-0.1, -0.05) is 17.7 Å². The van der Waals surface area contributed by atoms with Crippen molar-refractivity contribution in [2.45, 2.75) is 6.61 Å². The average Bonchev–Trinajstić information content (AvgIpc) is 2.41. The summed E-state index contributed by atoms with van der Waals surface area (Å²) in [4.78, 5) is 12.1. The van der Waals surface area contributed by atoms with E-state index in [4.69, 9.17) is 11.6 Å². The molecule has 0 aromatic heterocycles. The van der Waals surface area contributed by atoms with Gasteiger partial charge in [0.2, 0.25) is 0 Å². The van der Waals surface area contributed by atoms with Gasteiger partial charge in [-0.3, -0.25) is 4.79 Å². The maximum absolute atomic E-state index is 12.2. The molecule has 1 N–H and O–H groups in total. The molecule has 0 aliphatic heterocycles. The van der Waals surface area contributed by atoms with Crippen LogP contribution in [0.3, 0.4) is 0 Å². The quantitative estimate of drug-likeness (QED) is 0.718. The van der Waals surface area contributed by atoms with Crippen LogP contribution in [-0.2, 0) is 0 Å². The lowest BCUT2D eigenvalue weighted by molar-refractivity contribution is -0.0498. The Morgan fingerprint density at radius 2 is 2.00 bits per heavy atom. The van der Waals surface area contributed by atoms with Crippen LogP contribution in [0, 0.1) is 3.57 Å². The molecule has 0 aliphatic rings. The van der Waals surface area contributed by atoms with Crippen LogP contribution in [0.15, 0.2) is 42.5 Å². The smallest absolute Gasteiger partial charge is 0.387 e. The van der Waals surface area contributed by atoms with Crippen LogP contribution in [0.1, 0.15) is 10.4 Å². The molecule has 7 heteroatoms. The maximum atomic E-state index is 12.2. The van der Waals surface area contributed by atoms with Gasteiger partial charge in [0, 0.05) is 14.2 Å². The van der Waals surface area contributed by atoms with E-state index in [1.54, 1.807) is 18.2 Å². The molecule has 2 rings (SSSR count). The Balaban J connectivity index is 2.16. The first-order valence-corrected chi connectivity index (χ1v) is 7.22. The second kappa shape index (κ2) is 7.04. The summed E-state index contributed by atoms with van der Waals surface area (Å²) in [5.41, 5.74) is 0.809. The van der Waals surface area contributed by atoms with Crippen molar-refractivity contribution in [3.8, 4) is 5.75 Å². The second-order valence-electron chi connectivity index (χ2n) is 3.98. The minimum atomic E-state index is -2.93. The Kier molecular flexibility index (Phi) is 5.35. The van der Waals surface area contributed by atoms with Crippen LogP contribution < -0.4 is 10.1 Å². The van der Waals surface area contributed by atoms with Crippen molar-refractivity contribution in [3.63, 3.8) is 0 Å². The van der Waals surface area contributed by atoms with Gasteiger partial charge in [0.25, 0.3) is 5.91 Å². The van der Waals surface area contributed by atoms with Gasteiger partial charge in [-0.2, -0.15) is 8.78 Å². The first kappa shape index (κ1) is 16.0. The minimum absolute atomic E-state index is 0.0662. The molecule has 0 spiro atoms. The zero-order valence-electron chi connectivity index (χ0n) is 10.4. The SMILES string of the molecule is O=C(Nc1ccc(Cl)cc1I)c1cccc(OC(F)F)c1. The Morgan fingerprint density at radius 3 is 2.67 bits per heavy atom. The number of carbonyl (C=O) groups is 1. The molecule has 3 nitrogen and oxygen atoms in total. The van der Waals surface area contributed by atoms with E-state index >= 15 is 0 Å². The number of ether oxygens (including phenoxy) is 1. The summed E-state index contributed by atoms with van der Waals surface area (Å²) in [6.07, 6.45) is 0. The topological polar surface area (TPSA) is 38.3 Å². The van der Waals surface area contributed by atoms with Gasteiger partial charge in [0.05, 0.1) is 5.69 Å². The van der Waals surface area contributed by atoms with Gasteiger partial charge in [-0.15, -0.1) is 0 Å². The van der Waals surface area contributed by atoms with Crippen molar-refractivity contribution >= 4 is 45.8 Å². The van der Waals surface area contributed by atoms with Crippen LogP contribution in [0.25, 0.3) is 0 Å². The first-order chi connectivity index (χ1) is 9.95. The molecule has 2 aromatic carbocycles. The summed E-state index contributed by atoms with van der Waals surface area (Å²) in [7, 11) is 0. The molecule has 0 saturated heterocycles. The lowest BCUT2D eigenvalue weighted by Gasteiger charge is -2.09. The molecule has 2 aromatic rings. The highest BCUT2D eigenvalue weighted by Crippen LogP contribution is 2.23. The number of benzene rings is 2. The molecular weight excluding hydrogens is 415 g/mol. The summed E-state index contributed by atoms with van der Waals surface area (Å²) < 4.78 is 29.3. The Morgan fingerprint density at radius 1 is 1.24 bits per heavy atom. The molecule has 0 bridgehead atoms. The highest BCUT2D eigenvalue weighted by molar-refractivity contribution is 14.1. The van der Waals surface area contributed by atoms with Gasteiger partial charge in [-0.05, 0) is 59.0 Å². The average molecular weight is 424 g/mol. The van der Waals surface area contributed by atoms with Crippen molar-refractivity contribution in [1.29, 1.82) is 0 Å². The van der Waals surface area contributed by atoms with E-state index in [9.17, 15) is 13.6 Å². The molecule has 0 aliphatic carbocycles. The summed E-state index contributed by atoms with van der Waals surface area (Å²) in [6.45, 7) is -2.93. The second-order valence-corrected chi connectivity index (χ2v) is 5.58. The van der Waals surface area contributed by atoms with E-state index in [0.717, 1.165) is 3.57 Å². The third-order valence-electron chi connectivity index (χ3n) is 2.50. The number of amides is 1. The summed E-state index contributed by atoms with van der Waals surface area (Å²) in [6, 6.07) is 10.6. The fourth-order valence-corrected chi connectivity index (χ4v) is 2.61. The van der Waals surface area contributed by atoms with Crippen LogP contribution in [0.2, 0.25) is 5.02 Å². The van der Waals surface area contributed by atoms with E-state index < -0.39 is 12.5 Å². The number of alkyl halides is 2. The number of hydrogen-bond acceptors (Lipinski definition) is 2. The molecule has 0 unspecified atom stereocenters. The van der Waals surface area contributed by atoms with Crippen molar-refractivity contribution in [3.05, 3.63) is 56.6 Å². The predicted octanol–water partition coefficient (Wildman–Crippen LogP) is 4.80. The van der Waals surface area contributed by atoms with Crippen LogP contribution in [0.5, 0.6) is 5.75 Å². The normalized spacial score (nSPS) is 10.5. The van der Waals surface area contributed by atoms with Gasteiger partial charge in [-0.25, -0.2) is 0 Å². The molecule has 21 heavy (non-hydrogen) atoms. The van der Waals surface area contributed by atoms with Gasteiger partial charge >= 0.3 is 6.61 Å². The van der Waals surface area contributed by atoms with Crippen molar-refractivity contribution in [2.75, 3.05) is 5.32 Å². The molecular formula is C14H9ClF2INO2. The van der Waals surface area contributed by atoms with Crippen molar-refractivity contribution in [1.82, 2.24) is 0 Å². The minimum Gasteiger partial charge on any atom is -0.435 e. The Labute approximate surface area is 138 Å². The van der Waals surface area contributed by atoms with Crippen LogP contribution >= 0.6 is 34.2 Å². The summed E-state index contributed by atoms with van der Waals surface area (Å²) >= 11 is 7.87. The largest absolute Gasteiger partial charge is 0.435 e. The van der Waals surface area contributed by atoms with Crippen molar-refractivity contribution < 1.29 is 18.3 Å². The molecule has 1 amide bonds. The highest BCUT2D eigenvalue weighted by atomic mass is 127. The maximum Gasteiger partial charge on any atom is 0.387 e. The molecule has 0 saturated carbocycles. The molecule has 0 radical (unpaired) electrons. The zero-order chi connectivity index (χ0) is 15.4. The number of anilines is 1. The highest BCUT2D eigenvalue weighted by Gasteiger charge is 2.11. The standard InChI is InChI=1S/C14H9ClF2INO2/c15-9-4-5-12(11(18)7-9)19-13(20)8-2-1-3-10(6-8)21-14(16)17/h1-7,14H,(H,19,20). The summed E-state index contributed by atoms with van der Waals surface area (Å²) in [5.74, 6) is -0.488. The predicted molar refractivity (Wildman–Crippen MR) is 85.2 cm³/mol.